The molecule has 2 aliphatic heterocycles. The van der Waals surface area contributed by atoms with Gasteiger partial charge in [0.1, 0.15) is 11.2 Å². The second-order valence-corrected chi connectivity index (χ2v) is 7.05. The van der Waals surface area contributed by atoms with E-state index in [1.54, 1.807) is 11.0 Å². The molecule has 8 heteroatoms. The first kappa shape index (κ1) is 18.1. The molecule has 3 atom stereocenters. The molecule has 2 aliphatic rings. The van der Waals surface area contributed by atoms with Crippen LogP contribution in [0.25, 0.3) is 0 Å². The standard InChI is InChI=1S/C17H22ClFN4O2/c1-10-7-13(19)4-3-12(10)9-22-5-6-23(11(2)17(22)25)14-8-20-21-16(24)15(14)18/h3-4,7,11,14-15,20H,5-6,8-9H2,1-2H3,(H,21,24)/t11-,14?,15?/m1/s1. The van der Waals surface area contributed by atoms with Gasteiger partial charge in [0.2, 0.25) is 5.91 Å². The maximum absolute atomic E-state index is 13.3. The van der Waals surface area contributed by atoms with Gasteiger partial charge < -0.3 is 4.90 Å². The summed E-state index contributed by atoms with van der Waals surface area (Å²) in [6, 6.07) is 4.01. The van der Waals surface area contributed by atoms with E-state index in [0.717, 1.165) is 11.1 Å². The van der Waals surface area contributed by atoms with Crippen LogP contribution in [-0.4, -0.2) is 58.7 Å². The zero-order chi connectivity index (χ0) is 18.1. The highest BCUT2D eigenvalue weighted by molar-refractivity contribution is 6.31. The number of hydrogen-bond acceptors (Lipinski definition) is 4. The summed E-state index contributed by atoms with van der Waals surface area (Å²) in [7, 11) is 0. The number of rotatable bonds is 3. The summed E-state index contributed by atoms with van der Waals surface area (Å²) in [4.78, 5) is 28.3. The lowest BCUT2D eigenvalue weighted by atomic mass is 10.0. The number of amides is 2. The quantitative estimate of drug-likeness (QED) is 0.774. The third-order valence-electron chi connectivity index (χ3n) is 5.00. The number of alkyl halides is 1. The Bertz CT molecular complexity index is 687. The molecule has 0 saturated carbocycles. The first-order valence-electron chi connectivity index (χ1n) is 8.35. The first-order chi connectivity index (χ1) is 11.9. The molecule has 1 aromatic rings. The van der Waals surface area contributed by atoms with Crippen LogP contribution in [0.5, 0.6) is 0 Å². The minimum atomic E-state index is -0.692. The van der Waals surface area contributed by atoms with Crippen molar-refractivity contribution in [1.82, 2.24) is 20.7 Å². The predicted molar refractivity (Wildman–Crippen MR) is 92.3 cm³/mol. The van der Waals surface area contributed by atoms with Gasteiger partial charge in [-0.25, -0.2) is 9.82 Å². The molecule has 0 spiro atoms. The molecule has 6 nitrogen and oxygen atoms in total. The second kappa shape index (κ2) is 7.27. The number of halogens is 2. The van der Waals surface area contributed by atoms with Crippen LogP contribution in [0, 0.1) is 12.7 Å². The molecule has 0 radical (unpaired) electrons. The number of piperazine rings is 1. The van der Waals surface area contributed by atoms with Crippen molar-refractivity contribution < 1.29 is 14.0 Å². The van der Waals surface area contributed by atoms with Crippen LogP contribution in [0.2, 0.25) is 0 Å². The summed E-state index contributed by atoms with van der Waals surface area (Å²) in [5.74, 6) is -0.561. The summed E-state index contributed by atoms with van der Waals surface area (Å²) in [5, 5.41) is -0.692. The first-order valence-corrected chi connectivity index (χ1v) is 8.78. The number of hydrogen-bond donors (Lipinski definition) is 2. The molecular weight excluding hydrogens is 347 g/mol. The van der Waals surface area contributed by atoms with Gasteiger partial charge in [0, 0.05) is 26.2 Å². The Labute approximate surface area is 151 Å². The van der Waals surface area contributed by atoms with Crippen molar-refractivity contribution in [2.45, 2.75) is 37.9 Å². The van der Waals surface area contributed by atoms with Crippen LogP contribution in [-0.2, 0) is 16.1 Å². The van der Waals surface area contributed by atoms with Gasteiger partial charge in [-0.1, -0.05) is 6.07 Å². The Morgan fingerprint density at radius 3 is 2.80 bits per heavy atom. The number of aryl methyl sites for hydroxylation is 1. The van der Waals surface area contributed by atoms with Crippen LogP contribution >= 0.6 is 11.6 Å². The molecule has 1 aromatic carbocycles. The maximum atomic E-state index is 13.3. The summed E-state index contributed by atoms with van der Waals surface area (Å²) >= 11 is 6.23. The summed E-state index contributed by atoms with van der Waals surface area (Å²) in [6.07, 6.45) is 0. The Morgan fingerprint density at radius 1 is 1.32 bits per heavy atom. The van der Waals surface area contributed by atoms with Crippen molar-refractivity contribution in [3.05, 3.63) is 35.1 Å². The van der Waals surface area contributed by atoms with Crippen LogP contribution in [0.3, 0.4) is 0 Å². The van der Waals surface area contributed by atoms with Gasteiger partial charge in [0.25, 0.3) is 5.91 Å². The minimum Gasteiger partial charge on any atom is -0.336 e. The van der Waals surface area contributed by atoms with E-state index >= 15 is 0 Å². The summed E-state index contributed by atoms with van der Waals surface area (Å²) in [5.41, 5.74) is 7.10. The van der Waals surface area contributed by atoms with Crippen LogP contribution in [0.4, 0.5) is 4.39 Å². The van der Waals surface area contributed by atoms with Gasteiger partial charge in [-0.2, -0.15) is 0 Å². The number of nitrogens with one attached hydrogen (secondary N) is 2. The molecule has 136 valence electrons. The van der Waals surface area contributed by atoms with Crippen molar-refractivity contribution in [2.75, 3.05) is 19.6 Å². The zero-order valence-electron chi connectivity index (χ0n) is 14.3. The molecule has 2 amide bonds. The van der Waals surface area contributed by atoms with Gasteiger partial charge >= 0.3 is 0 Å². The van der Waals surface area contributed by atoms with Gasteiger partial charge in [-0.05, 0) is 37.1 Å². The van der Waals surface area contributed by atoms with Crippen molar-refractivity contribution >= 4 is 23.4 Å². The normalized spacial score (nSPS) is 28.2. The van der Waals surface area contributed by atoms with Crippen LogP contribution in [0.1, 0.15) is 18.1 Å². The Kier molecular flexibility index (Phi) is 5.27. The molecule has 2 heterocycles. The average molecular weight is 369 g/mol. The Hall–Kier alpha value is -1.70. The third-order valence-corrected chi connectivity index (χ3v) is 5.49. The van der Waals surface area contributed by atoms with E-state index in [0.29, 0.717) is 26.2 Å². The predicted octanol–water partition coefficient (Wildman–Crippen LogP) is 0.777. The highest BCUT2D eigenvalue weighted by atomic mass is 35.5. The molecular formula is C17H22ClFN4O2. The van der Waals surface area contributed by atoms with E-state index in [1.165, 1.54) is 12.1 Å². The van der Waals surface area contributed by atoms with E-state index < -0.39 is 5.38 Å². The topological polar surface area (TPSA) is 64.7 Å². The SMILES string of the molecule is Cc1cc(F)ccc1CN1CCN(C2CNNC(=O)C2Cl)[C@H](C)C1=O. The molecule has 2 N–H and O–H groups in total. The van der Waals surface area contributed by atoms with Gasteiger partial charge in [0.05, 0.1) is 12.1 Å². The maximum Gasteiger partial charge on any atom is 0.253 e. The third kappa shape index (κ3) is 3.63. The summed E-state index contributed by atoms with van der Waals surface area (Å²) < 4.78 is 13.3. The molecule has 2 fully saturated rings. The Morgan fingerprint density at radius 2 is 2.08 bits per heavy atom. The highest BCUT2D eigenvalue weighted by Gasteiger charge is 2.41. The fourth-order valence-electron chi connectivity index (χ4n) is 3.47. The van der Waals surface area contributed by atoms with Gasteiger partial charge in [-0.15, -0.1) is 11.6 Å². The van der Waals surface area contributed by atoms with Crippen molar-refractivity contribution in [2.24, 2.45) is 0 Å². The molecule has 0 aromatic heterocycles. The van der Waals surface area contributed by atoms with Crippen molar-refractivity contribution in [1.29, 1.82) is 0 Å². The van der Waals surface area contributed by atoms with Crippen LogP contribution < -0.4 is 10.9 Å². The van der Waals surface area contributed by atoms with E-state index in [4.69, 9.17) is 11.6 Å². The number of carbonyl (C=O) groups excluding carboxylic acids is 2. The molecule has 3 rings (SSSR count). The molecule has 2 unspecified atom stereocenters. The van der Waals surface area contributed by atoms with E-state index in [1.807, 2.05) is 18.7 Å². The minimum absolute atomic E-state index is 0.00942. The number of hydrazine groups is 1. The second-order valence-electron chi connectivity index (χ2n) is 6.58. The fraction of sp³-hybridized carbons (Fsp3) is 0.529. The van der Waals surface area contributed by atoms with Crippen molar-refractivity contribution in [3.8, 4) is 0 Å². The van der Waals surface area contributed by atoms with Crippen LogP contribution in [0.15, 0.2) is 18.2 Å². The zero-order valence-corrected chi connectivity index (χ0v) is 15.0. The molecule has 0 bridgehead atoms. The number of nitrogens with zero attached hydrogens (tertiary/aromatic N) is 2. The average Bonchev–Trinajstić information content (AvgIpc) is 2.57. The smallest absolute Gasteiger partial charge is 0.253 e. The van der Waals surface area contributed by atoms with Crippen molar-refractivity contribution in [3.63, 3.8) is 0 Å². The lowest BCUT2D eigenvalue weighted by Crippen LogP contribution is -2.67. The number of carbonyl (C=O) groups is 2. The molecule has 0 aliphatic carbocycles. The number of benzene rings is 1. The Balaban J connectivity index is 1.70. The highest BCUT2D eigenvalue weighted by Crippen LogP contribution is 2.22. The monoisotopic (exact) mass is 368 g/mol. The van der Waals surface area contributed by atoms with E-state index in [9.17, 15) is 14.0 Å². The molecule has 2 saturated heterocycles. The fourth-order valence-corrected chi connectivity index (χ4v) is 3.76. The lowest BCUT2D eigenvalue weighted by Gasteiger charge is -2.45. The summed E-state index contributed by atoms with van der Waals surface area (Å²) in [6.45, 7) is 5.80. The lowest BCUT2D eigenvalue weighted by molar-refractivity contribution is -0.145. The van der Waals surface area contributed by atoms with Gasteiger partial charge in [-0.3, -0.25) is 19.9 Å². The van der Waals surface area contributed by atoms with Gasteiger partial charge in [0.15, 0.2) is 0 Å². The van der Waals surface area contributed by atoms with E-state index in [2.05, 4.69) is 10.9 Å². The van der Waals surface area contributed by atoms with E-state index in [-0.39, 0.29) is 29.7 Å². The largest absolute Gasteiger partial charge is 0.336 e. The molecule has 25 heavy (non-hydrogen) atoms.